The number of aromatic nitrogens is 3. The summed E-state index contributed by atoms with van der Waals surface area (Å²) in [7, 11) is -3.13. The van der Waals surface area contributed by atoms with Gasteiger partial charge in [-0.1, -0.05) is 0 Å². The highest BCUT2D eigenvalue weighted by Gasteiger charge is 2.28. The largest absolute Gasteiger partial charge is 0.381 e. The molecule has 15 heavy (non-hydrogen) atoms. The molecule has 0 aliphatic carbocycles. The Kier molecular flexibility index (Phi) is 3.03. The van der Waals surface area contributed by atoms with E-state index in [0.29, 0.717) is 5.82 Å². The fourth-order valence-corrected chi connectivity index (χ4v) is 1.94. The molecule has 0 bridgehead atoms. The molecule has 0 amide bonds. The van der Waals surface area contributed by atoms with Gasteiger partial charge in [0, 0.05) is 0 Å². The zero-order chi connectivity index (χ0) is 11.7. The molecule has 0 unspecified atom stereocenters. The Balaban J connectivity index is 2.66. The van der Waals surface area contributed by atoms with E-state index >= 15 is 0 Å². The van der Waals surface area contributed by atoms with Crippen molar-refractivity contribution < 1.29 is 8.42 Å². The number of nitrogen functional groups attached to an aromatic ring is 1. The Morgan fingerprint density at radius 2 is 2.07 bits per heavy atom. The average Bonchev–Trinajstić information content (AvgIpc) is 2.46. The third kappa shape index (κ3) is 2.92. The first kappa shape index (κ1) is 12.0. The van der Waals surface area contributed by atoms with E-state index < -0.39 is 14.6 Å². The summed E-state index contributed by atoms with van der Waals surface area (Å²) in [5, 5.41) is 7.63. The standard InChI is InChI=1S/C8H16N4O2S/c1-8(2,3)15(13,14)5-4-12-10-6-7(9)11-12/h6H,4-5H2,1-3H3,(H2,9,11). The summed E-state index contributed by atoms with van der Waals surface area (Å²) < 4.78 is 22.7. The van der Waals surface area contributed by atoms with Crippen molar-refractivity contribution in [3.05, 3.63) is 6.20 Å². The molecule has 1 aromatic heterocycles. The SMILES string of the molecule is CC(C)(C)S(=O)(=O)CCn1ncc(N)n1. The fourth-order valence-electron chi connectivity index (χ4n) is 0.926. The van der Waals surface area contributed by atoms with E-state index in [1.165, 1.54) is 11.0 Å². The van der Waals surface area contributed by atoms with Crippen LogP contribution < -0.4 is 5.73 Å². The van der Waals surface area contributed by atoms with Crippen molar-refractivity contribution in [1.29, 1.82) is 0 Å². The minimum Gasteiger partial charge on any atom is -0.381 e. The van der Waals surface area contributed by atoms with Crippen LogP contribution in [-0.4, -0.2) is 33.9 Å². The van der Waals surface area contributed by atoms with Crippen LogP contribution in [0.15, 0.2) is 6.20 Å². The highest BCUT2D eigenvalue weighted by Crippen LogP contribution is 2.15. The minimum atomic E-state index is -3.13. The van der Waals surface area contributed by atoms with Gasteiger partial charge in [-0.3, -0.25) is 0 Å². The quantitative estimate of drug-likeness (QED) is 0.796. The lowest BCUT2D eigenvalue weighted by Crippen LogP contribution is -2.32. The van der Waals surface area contributed by atoms with Gasteiger partial charge in [0.15, 0.2) is 15.7 Å². The number of aryl methyl sites for hydroxylation is 1. The molecule has 0 atom stereocenters. The van der Waals surface area contributed by atoms with Gasteiger partial charge >= 0.3 is 0 Å². The lowest BCUT2D eigenvalue weighted by molar-refractivity contribution is 0.530. The van der Waals surface area contributed by atoms with Gasteiger partial charge in [0.1, 0.15) is 0 Å². The normalized spacial score (nSPS) is 13.0. The number of sulfone groups is 1. The van der Waals surface area contributed by atoms with Crippen molar-refractivity contribution >= 4 is 15.7 Å². The summed E-state index contributed by atoms with van der Waals surface area (Å²) in [6.07, 6.45) is 1.39. The van der Waals surface area contributed by atoms with E-state index in [-0.39, 0.29) is 12.3 Å². The second-order valence-electron chi connectivity index (χ2n) is 4.30. The Labute approximate surface area is 89.4 Å². The van der Waals surface area contributed by atoms with Gasteiger partial charge in [0.2, 0.25) is 0 Å². The highest BCUT2D eigenvalue weighted by atomic mass is 32.2. The molecule has 0 radical (unpaired) electrons. The molecule has 1 heterocycles. The number of anilines is 1. The second kappa shape index (κ2) is 3.80. The Bertz CT molecular complexity index is 430. The van der Waals surface area contributed by atoms with Gasteiger partial charge < -0.3 is 5.73 Å². The van der Waals surface area contributed by atoms with Crippen molar-refractivity contribution in [2.45, 2.75) is 32.1 Å². The maximum Gasteiger partial charge on any atom is 0.165 e. The van der Waals surface area contributed by atoms with E-state index in [1.807, 2.05) is 0 Å². The summed E-state index contributed by atoms with van der Waals surface area (Å²) >= 11 is 0. The summed E-state index contributed by atoms with van der Waals surface area (Å²) in [6.45, 7) is 5.25. The zero-order valence-electron chi connectivity index (χ0n) is 9.14. The van der Waals surface area contributed by atoms with Crippen LogP contribution in [-0.2, 0) is 16.4 Å². The van der Waals surface area contributed by atoms with Crippen molar-refractivity contribution in [3.63, 3.8) is 0 Å². The Morgan fingerprint density at radius 3 is 2.47 bits per heavy atom. The minimum absolute atomic E-state index is 0.0185. The summed E-state index contributed by atoms with van der Waals surface area (Å²) in [5.74, 6) is 0.313. The summed E-state index contributed by atoms with van der Waals surface area (Å²) in [4.78, 5) is 1.29. The van der Waals surface area contributed by atoms with Gasteiger partial charge in [0.05, 0.1) is 23.2 Å². The summed E-state index contributed by atoms with van der Waals surface area (Å²) in [6, 6.07) is 0. The van der Waals surface area contributed by atoms with Gasteiger partial charge in [0.25, 0.3) is 0 Å². The fraction of sp³-hybridized carbons (Fsp3) is 0.750. The van der Waals surface area contributed by atoms with Crippen molar-refractivity contribution in [1.82, 2.24) is 15.0 Å². The molecule has 0 spiro atoms. The zero-order valence-corrected chi connectivity index (χ0v) is 9.95. The lowest BCUT2D eigenvalue weighted by atomic mass is 10.3. The van der Waals surface area contributed by atoms with E-state index in [9.17, 15) is 8.42 Å². The molecule has 7 heteroatoms. The molecule has 0 aliphatic heterocycles. The molecule has 1 rings (SSSR count). The van der Waals surface area contributed by atoms with Crippen LogP contribution in [0.3, 0.4) is 0 Å². The average molecular weight is 232 g/mol. The van der Waals surface area contributed by atoms with Gasteiger partial charge in [-0.2, -0.15) is 9.90 Å². The van der Waals surface area contributed by atoms with Crippen LogP contribution in [0.5, 0.6) is 0 Å². The second-order valence-corrected chi connectivity index (χ2v) is 7.16. The lowest BCUT2D eigenvalue weighted by Gasteiger charge is -2.18. The number of hydrogen-bond acceptors (Lipinski definition) is 5. The van der Waals surface area contributed by atoms with Crippen LogP contribution in [0, 0.1) is 0 Å². The van der Waals surface area contributed by atoms with Gasteiger partial charge in [-0.05, 0) is 20.8 Å². The first-order valence-corrected chi connectivity index (χ1v) is 6.25. The topological polar surface area (TPSA) is 90.9 Å². The van der Waals surface area contributed by atoms with Crippen molar-refractivity contribution in [2.24, 2.45) is 0 Å². The molecule has 0 aromatic carbocycles. The molecule has 0 saturated carbocycles. The third-order valence-corrected chi connectivity index (χ3v) is 4.63. The number of hydrogen-bond donors (Lipinski definition) is 1. The molecule has 6 nitrogen and oxygen atoms in total. The van der Waals surface area contributed by atoms with Crippen LogP contribution in [0.2, 0.25) is 0 Å². The monoisotopic (exact) mass is 232 g/mol. The Morgan fingerprint density at radius 1 is 1.47 bits per heavy atom. The maximum atomic E-state index is 11.7. The number of rotatable bonds is 3. The highest BCUT2D eigenvalue weighted by molar-refractivity contribution is 7.92. The molecule has 2 N–H and O–H groups in total. The molecule has 86 valence electrons. The Hall–Kier alpha value is -1.11. The molecule has 0 fully saturated rings. The molecule has 1 aromatic rings. The number of nitrogens with two attached hydrogens (primary N) is 1. The van der Waals surface area contributed by atoms with E-state index in [2.05, 4.69) is 10.2 Å². The van der Waals surface area contributed by atoms with Gasteiger partial charge in [-0.15, -0.1) is 5.10 Å². The van der Waals surface area contributed by atoms with Crippen LogP contribution in [0.25, 0.3) is 0 Å². The van der Waals surface area contributed by atoms with Crippen LogP contribution in [0.1, 0.15) is 20.8 Å². The van der Waals surface area contributed by atoms with Crippen molar-refractivity contribution in [3.8, 4) is 0 Å². The summed E-state index contributed by atoms with van der Waals surface area (Å²) in [5.41, 5.74) is 5.36. The van der Waals surface area contributed by atoms with Crippen LogP contribution in [0.4, 0.5) is 5.82 Å². The third-order valence-electron chi connectivity index (χ3n) is 2.05. The first-order valence-electron chi connectivity index (χ1n) is 4.60. The smallest absolute Gasteiger partial charge is 0.165 e. The predicted octanol–water partition coefficient (Wildman–Crippen LogP) is 0.0736. The first-order chi connectivity index (χ1) is 6.72. The van der Waals surface area contributed by atoms with Crippen LogP contribution >= 0.6 is 0 Å². The van der Waals surface area contributed by atoms with Gasteiger partial charge in [-0.25, -0.2) is 8.42 Å². The maximum absolute atomic E-state index is 11.7. The molecule has 0 aliphatic rings. The van der Waals surface area contributed by atoms with E-state index in [0.717, 1.165) is 0 Å². The van der Waals surface area contributed by atoms with Crippen molar-refractivity contribution in [2.75, 3.05) is 11.5 Å². The van der Waals surface area contributed by atoms with E-state index in [4.69, 9.17) is 5.73 Å². The molecular formula is C8H16N4O2S. The molecular weight excluding hydrogens is 216 g/mol. The number of nitrogens with zero attached hydrogens (tertiary/aromatic N) is 3. The predicted molar refractivity (Wildman–Crippen MR) is 58.0 cm³/mol. The molecule has 0 saturated heterocycles. The van der Waals surface area contributed by atoms with E-state index in [1.54, 1.807) is 20.8 Å².